The highest BCUT2D eigenvalue weighted by atomic mass is 16.3. The van der Waals surface area contributed by atoms with E-state index in [9.17, 15) is 9.90 Å². The molecule has 0 saturated heterocycles. The first kappa shape index (κ1) is 11.3. The molecular weight excluding hydrogens is 228 g/mol. The minimum atomic E-state index is 0.114. The summed E-state index contributed by atoms with van der Waals surface area (Å²) in [5.41, 5.74) is 3.02. The van der Waals surface area contributed by atoms with Gasteiger partial charge >= 0.3 is 0 Å². The van der Waals surface area contributed by atoms with Crippen LogP contribution in [0.3, 0.4) is 0 Å². The number of furan rings is 1. The lowest BCUT2D eigenvalue weighted by atomic mass is 9.77. The molecule has 0 radical (unpaired) electrons. The molecule has 1 aromatic heterocycles. The Kier molecular flexibility index (Phi) is 2.27. The topological polar surface area (TPSA) is 50.4 Å². The van der Waals surface area contributed by atoms with Gasteiger partial charge in [0.05, 0.1) is 5.56 Å². The Bertz CT molecular complexity index is 649. The fraction of sp³-hybridized carbons (Fsp3) is 0.400. The summed E-state index contributed by atoms with van der Waals surface area (Å²) in [5.74, 6) is 0.869. The van der Waals surface area contributed by atoms with Crippen LogP contribution in [0.5, 0.6) is 5.75 Å². The van der Waals surface area contributed by atoms with Crippen LogP contribution >= 0.6 is 0 Å². The van der Waals surface area contributed by atoms with Gasteiger partial charge in [0.15, 0.2) is 17.1 Å². The molecule has 3 rings (SSSR count). The minimum Gasteiger partial charge on any atom is -0.504 e. The van der Waals surface area contributed by atoms with Crippen molar-refractivity contribution in [2.75, 3.05) is 0 Å². The second kappa shape index (κ2) is 3.61. The van der Waals surface area contributed by atoms with Crippen molar-refractivity contribution < 1.29 is 14.3 Å². The molecule has 1 N–H and O–H groups in total. The van der Waals surface area contributed by atoms with Gasteiger partial charge in [-0.25, -0.2) is 0 Å². The monoisotopic (exact) mass is 244 g/mol. The van der Waals surface area contributed by atoms with Crippen LogP contribution in [-0.4, -0.2) is 10.9 Å². The van der Waals surface area contributed by atoms with Crippen molar-refractivity contribution in [1.82, 2.24) is 0 Å². The predicted octanol–water partition coefficient (Wildman–Crippen LogP) is 3.77. The van der Waals surface area contributed by atoms with Crippen LogP contribution in [0.1, 0.15) is 47.7 Å². The molecule has 0 saturated carbocycles. The van der Waals surface area contributed by atoms with Crippen LogP contribution in [0, 0.1) is 12.8 Å². The van der Waals surface area contributed by atoms with Crippen molar-refractivity contribution in [3.05, 3.63) is 29.0 Å². The number of carbonyl (C=O) groups is 1. The molecule has 2 aromatic rings. The lowest BCUT2D eigenvalue weighted by Crippen LogP contribution is -2.18. The van der Waals surface area contributed by atoms with E-state index >= 15 is 0 Å². The summed E-state index contributed by atoms with van der Waals surface area (Å²) in [6.07, 6.45) is 2.01. The molecule has 0 amide bonds. The fourth-order valence-corrected chi connectivity index (χ4v) is 2.88. The molecule has 94 valence electrons. The molecule has 1 aromatic carbocycles. The molecule has 1 aliphatic rings. The predicted molar refractivity (Wildman–Crippen MR) is 69.1 cm³/mol. The maximum Gasteiger partial charge on any atom is 0.176 e. The Morgan fingerprint density at radius 3 is 2.83 bits per heavy atom. The Morgan fingerprint density at radius 2 is 2.17 bits per heavy atom. The Morgan fingerprint density at radius 1 is 1.44 bits per heavy atom. The van der Waals surface area contributed by atoms with Gasteiger partial charge in [0.25, 0.3) is 0 Å². The van der Waals surface area contributed by atoms with Crippen LogP contribution in [0.15, 0.2) is 16.7 Å². The normalized spacial score (nSPS) is 18.9. The average molecular weight is 244 g/mol. The van der Waals surface area contributed by atoms with E-state index in [1.165, 1.54) is 6.26 Å². The van der Waals surface area contributed by atoms with E-state index in [1.54, 1.807) is 0 Å². The highest BCUT2D eigenvalue weighted by molar-refractivity contribution is 6.12. The first-order valence-corrected chi connectivity index (χ1v) is 6.27. The molecule has 0 unspecified atom stereocenters. The molecule has 0 spiro atoms. The summed E-state index contributed by atoms with van der Waals surface area (Å²) in [6, 6.07) is 1.99. The van der Waals surface area contributed by atoms with Gasteiger partial charge in [0.2, 0.25) is 0 Å². The largest absolute Gasteiger partial charge is 0.504 e. The third-order valence-electron chi connectivity index (χ3n) is 3.95. The van der Waals surface area contributed by atoms with Gasteiger partial charge in [-0.15, -0.1) is 0 Å². The van der Waals surface area contributed by atoms with Crippen molar-refractivity contribution in [2.24, 2.45) is 5.92 Å². The van der Waals surface area contributed by atoms with Gasteiger partial charge in [-0.3, -0.25) is 4.79 Å². The summed E-state index contributed by atoms with van der Waals surface area (Å²) >= 11 is 0. The first-order chi connectivity index (χ1) is 8.50. The van der Waals surface area contributed by atoms with Crippen molar-refractivity contribution >= 4 is 16.8 Å². The maximum absolute atomic E-state index is 12.1. The SMILES string of the molecule is Cc1cc2c3c(coc3c1O)C(=O)C[C@@H]2C(C)C. The lowest BCUT2D eigenvalue weighted by molar-refractivity contribution is 0.0963. The average Bonchev–Trinajstić information content (AvgIpc) is 2.75. The molecule has 18 heavy (non-hydrogen) atoms. The van der Waals surface area contributed by atoms with Gasteiger partial charge in [0, 0.05) is 11.8 Å². The van der Waals surface area contributed by atoms with Crippen LogP contribution < -0.4 is 0 Å². The van der Waals surface area contributed by atoms with Crippen LogP contribution in [-0.2, 0) is 0 Å². The van der Waals surface area contributed by atoms with Crippen LogP contribution in [0.2, 0.25) is 0 Å². The summed E-state index contributed by atoms with van der Waals surface area (Å²) in [5, 5.41) is 10.8. The zero-order chi connectivity index (χ0) is 13.0. The second-order valence-corrected chi connectivity index (χ2v) is 5.46. The van der Waals surface area contributed by atoms with Crippen molar-refractivity contribution in [3.63, 3.8) is 0 Å². The van der Waals surface area contributed by atoms with Gasteiger partial charge < -0.3 is 9.52 Å². The zero-order valence-corrected chi connectivity index (χ0v) is 10.8. The van der Waals surface area contributed by atoms with E-state index in [-0.39, 0.29) is 17.5 Å². The van der Waals surface area contributed by atoms with Gasteiger partial charge in [-0.1, -0.05) is 19.9 Å². The third kappa shape index (κ3) is 1.33. The number of hydrogen-bond donors (Lipinski definition) is 1. The van der Waals surface area contributed by atoms with Gasteiger partial charge in [-0.05, 0) is 29.9 Å². The number of carbonyl (C=O) groups excluding carboxylic acids is 1. The number of Topliss-reactive ketones (excluding diaryl/α,β-unsaturated/α-hetero) is 1. The smallest absolute Gasteiger partial charge is 0.176 e. The molecule has 0 bridgehead atoms. The highest BCUT2D eigenvalue weighted by Gasteiger charge is 2.32. The Hall–Kier alpha value is -1.77. The van der Waals surface area contributed by atoms with Crippen molar-refractivity contribution in [1.29, 1.82) is 0 Å². The summed E-state index contributed by atoms with van der Waals surface area (Å²) in [6.45, 7) is 6.11. The third-order valence-corrected chi connectivity index (χ3v) is 3.95. The summed E-state index contributed by atoms with van der Waals surface area (Å²) in [4.78, 5) is 12.1. The van der Waals surface area contributed by atoms with Gasteiger partial charge in [0.1, 0.15) is 6.26 Å². The molecule has 1 atom stereocenters. The number of phenolic OH excluding ortho intramolecular Hbond substituents is 1. The molecular formula is C15H16O3. The summed E-state index contributed by atoms with van der Waals surface area (Å²) in [7, 11) is 0. The molecule has 0 fully saturated rings. The highest BCUT2D eigenvalue weighted by Crippen LogP contribution is 2.45. The van der Waals surface area contributed by atoms with Crippen molar-refractivity contribution in [3.8, 4) is 5.75 Å². The number of ketones is 1. The quantitative estimate of drug-likeness (QED) is 0.830. The Balaban J connectivity index is 2.41. The number of rotatable bonds is 1. The lowest BCUT2D eigenvalue weighted by Gasteiger charge is -2.25. The van der Waals surface area contributed by atoms with E-state index in [0.717, 1.165) is 16.5 Å². The first-order valence-electron chi connectivity index (χ1n) is 6.27. The standard InChI is InChI=1S/C15H16O3/c1-7(2)9-5-12(16)11-6-18-15-13(11)10(9)4-8(3)14(15)17/h4,6-7,9,17H,5H2,1-3H3/t9-/m1/s1. The van der Waals surface area contributed by atoms with E-state index < -0.39 is 0 Å². The number of aromatic hydroxyl groups is 1. The number of hydrogen-bond acceptors (Lipinski definition) is 3. The molecule has 0 aliphatic heterocycles. The molecule has 1 aliphatic carbocycles. The maximum atomic E-state index is 12.1. The van der Waals surface area contributed by atoms with E-state index in [4.69, 9.17) is 4.42 Å². The zero-order valence-electron chi connectivity index (χ0n) is 10.8. The Labute approximate surface area is 105 Å². The van der Waals surface area contributed by atoms with E-state index in [2.05, 4.69) is 13.8 Å². The number of phenols is 1. The summed E-state index contributed by atoms with van der Waals surface area (Å²) < 4.78 is 5.40. The van der Waals surface area contributed by atoms with Crippen molar-refractivity contribution in [2.45, 2.75) is 33.1 Å². The van der Waals surface area contributed by atoms with Gasteiger partial charge in [-0.2, -0.15) is 0 Å². The molecule has 3 heteroatoms. The van der Waals surface area contributed by atoms with Crippen LogP contribution in [0.4, 0.5) is 0 Å². The molecule has 3 nitrogen and oxygen atoms in total. The second-order valence-electron chi connectivity index (χ2n) is 5.46. The van der Waals surface area contributed by atoms with E-state index in [1.807, 2.05) is 13.0 Å². The number of aryl methyl sites for hydroxylation is 1. The number of benzene rings is 1. The van der Waals surface area contributed by atoms with Crippen LogP contribution in [0.25, 0.3) is 11.0 Å². The molecule has 1 heterocycles. The fourth-order valence-electron chi connectivity index (χ4n) is 2.88. The van der Waals surface area contributed by atoms with E-state index in [0.29, 0.717) is 23.5 Å². The minimum absolute atomic E-state index is 0.114.